The van der Waals surface area contributed by atoms with Crippen molar-refractivity contribution in [1.29, 1.82) is 0 Å². The minimum absolute atomic E-state index is 0.0366. The van der Waals surface area contributed by atoms with E-state index in [0.717, 1.165) is 17.6 Å². The van der Waals surface area contributed by atoms with Gasteiger partial charge < -0.3 is 19.9 Å². The number of hydrogen-bond acceptors (Lipinski definition) is 3. The summed E-state index contributed by atoms with van der Waals surface area (Å²) < 4.78 is 5.23. The van der Waals surface area contributed by atoms with E-state index >= 15 is 0 Å². The summed E-state index contributed by atoms with van der Waals surface area (Å²) in [5.74, 6) is 0.251. The van der Waals surface area contributed by atoms with Gasteiger partial charge in [-0.05, 0) is 43.2 Å². The van der Waals surface area contributed by atoms with Gasteiger partial charge in [0.05, 0.1) is 13.0 Å². The van der Waals surface area contributed by atoms with E-state index in [1.54, 1.807) is 12.0 Å². The number of anilines is 1. The number of methoxy groups -OCH3 is 1. The molecule has 0 unspecified atom stereocenters. The Morgan fingerprint density at radius 1 is 1.28 bits per heavy atom. The molecule has 1 aromatic heterocycles. The molecule has 0 aliphatic carbocycles. The zero-order valence-electron chi connectivity index (χ0n) is 16.7. The van der Waals surface area contributed by atoms with Crippen LogP contribution in [0.15, 0.2) is 48.7 Å². The van der Waals surface area contributed by atoms with Gasteiger partial charge in [-0.1, -0.05) is 17.7 Å². The summed E-state index contributed by atoms with van der Waals surface area (Å²) in [5, 5.41) is 4.19. The Morgan fingerprint density at radius 3 is 2.97 bits per heavy atom. The smallest absolute Gasteiger partial charge is 0.227 e. The number of carbonyl (C=O) groups is 2. The number of aryl methyl sites for hydroxylation is 1. The van der Waals surface area contributed by atoms with Crippen molar-refractivity contribution >= 4 is 28.4 Å². The molecule has 3 aromatic rings. The Labute approximate surface area is 169 Å². The van der Waals surface area contributed by atoms with Gasteiger partial charge in [0.25, 0.3) is 0 Å². The van der Waals surface area contributed by atoms with Crippen LogP contribution in [-0.2, 0) is 16.0 Å². The molecular weight excluding hydrogens is 366 g/mol. The number of rotatable bonds is 6. The lowest BCUT2D eigenvalue weighted by atomic mass is 10.1. The monoisotopic (exact) mass is 391 g/mol. The predicted octanol–water partition coefficient (Wildman–Crippen LogP) is 3.20. The van der Waals surface area contributed by atoms with E-state index in [0.29, 0.717) is 18.8 Å². The van der Waals surface area contributed by atoms with Gasteiger partial charge >= 0.3 is 0 Å². The van der Waals surface area contributed by atoms with Crippen LogP contribution >= 0.6 is 0 Å². The number of aromatic nitrogens is 1. The molecule has 150 valence electrons. The molecule has 1 aliphatic heterocycles. The number of benzene rings is 2. The maximum absolute atomic E-state index is 12.6. The van der Waals surface area contributed by atoms with Crippen molar-refractivity contribution in [3.05, 3.63) is 59.8 Å². The number of ether oxygens (including phenoxy) is 1. The van der Waals surface area contributed by atoms with Gasteiger partial charge in [0.2, 0.25) is 11.8 Å². The number of hydrogen-bond donors (Lipinski definition) is 2. The Bertz CT molecular complexity index is 1060. The molecule has 1 fully saturated rings. The summed E-state index contributed by atoms with van der Waals surface area (Å²) in [6.45, 7) is 3.01. The van der Waals surface area contributed by atoms with Crippen LogP contribution in [0.5, 0.6) is 5.75 Å². The first-order valence-electron chi connectivity index (χ1n) is 9.84. The molecule has 0 bridgehead atoms. The van der Waals surface area contributed by atoms with Gasteiger partial charge in [-0.25, -0.2) is 0 Å². The number of carbonyl (C=O) groups excluding carboxylic acids is 2. The molecule has 2 amide bonds. The molecule has 6 heteroatoms. The van der Waals surface area contributed by atoms with Crippen molar-refractivity contribution in [3.63, 3.8) is 0 Å². The molecule has 0 saturated carbocycles. The van der Waals surface area contributed by atoms with Crippen LogP contribution in [-0.4, -0.2) is 37.0 Å². The lowest BCUT2D eigenvalue weighted by Crippen LogP contribution is -2.34. The van der Waals surface area contributed by atoms with Crippen LogP contribution < -0.4 is 15.0 Å². The molecule has 2 N–H and O–H groups in total. The van der Waals surface area contributed by atoms with Crippen LogP contribution in [0.4, 0.5) is 5.69 Å². The third-order valence-electron chi connectivity index (χ3n) is 5.48. The zero-order valence-corrected chi connectivity index (χ0v) is 16.7. The van der Waals surface area contributed by atoms with Crippen molar-refractivity contribution in [2.75, 3.05) is 25.1 Å². The number of amides is 2. The molecule has 1 saturated heterocycles. The van der Waals surface area contributed by atoms with Crippen LogP contribution in [0, 0.1) is 12.8 Å². The van der Waals surface area contributed by atoms with Gasteiger partial charge in [-0.3, -0.25) is 9.59 Å². The second kappa shape index (κ2) is 7.99. The second-order valence-electron chi connectivity index (χ2n) is 7.51. The molecule has 4 rings (SSSR count). The molecule has 0 radical (unpaired) electrons. The van der Waals surface area contributed by atoms with Crippen LogP contribution in [0.1, 0.15) is 17.5 Å². The van der Waals surface area contributed by atoms with E-state index < -0.39 is 0 Å². The highest BCUT2D eigenvalue weighted by Crippen LogP contribution is 2.28. The highest BCUT2D eigenvalue weighted by Gasteiger charge is 2.35. The second-order valence-corrected chi connectivity index (χ2v) is 7.51. The maximum atomic E-state index is 12.6. The third kappa shape index (κ3) is 3.97. The average molecular weight is 391 g/mol. The van der Waals surface area contributed by atoms with E-state index in [1.807, 2.05) is 30.5 Å². The maximum Gasteiger partial charge on any atom is 0.227 e. The Hall–Kier alpha value is -3.28. The Kier molecular flexibility index (Phi) is 5.25. The normalized spacial score (nSPS) is 16.4. The van der Waals surface area contributed by atoms with Crippen molar-refractivity contribution in [1.82, 2.24) is 10.3 Å². The number of aromatic amines is 1. The minimum Gasteiger partial charge on any atom is -0.497 e. The van der Waals surface area contributed by atoms with Gasteiger partial charge in [0.1, 0.15) is 5.75 Å². The highest BCUT2D eigenvalue weighted by atomic mass is 16.5. The summed E-state index contributed by atoms with van der Waals surface area (Å²) >= 11 is 0. The standard InChI is InChI=1S/C23H25N3O3/c1-15-6-7-21-20(10-15)16(13-25-21)8-9-24-23(28)17-11-22(27)26(14-17)18-4-3-5-19(12-18)29-2/h3-7,10,12-13,17,25H,8-9,11,14H2,1-2H3,(H,24,28)/t17-/m1/s1. The topological polar surface area (TPSA) is 74.4 Å². The summed E-state index contributed by atoms with van der Waals surface area (Å²) in [6.07, 6.45) is 2.98. The molecule has 6 nitrogen and oxygen atoms in total. The van der Waals surface area contributed by atoms with Crippen LogP contribution in [0.2, 0.25) is 0 Å². The van der Waals surface area contributed by atoms with E-state index in [4.69, 9.17) is 4.74 Å². The first-order valence-corrected chi connectivity index (χ1v) is 9.84. The first-order chi connectivity index (χ1) is 14.0. The Balaban J connectivity index is 1.35. The number of fused-ring (bicyclic) bond motifs is 1. The third-order valence-corrected chi connectivity index (χ3v) is 5.48. The summed E-state index contributed by atoms with van der Waals surface area (Å²) in [7, 11) is 1.59. The first kappa shape index (κ1) is 19.1. The SMILES string of the molecule is COc1cccc(N2C[C@H](C(=O)NCCc3c[nH]c4ccc(C)cc34)CC2=O)c1. The fraction of sp³-hybridized carbons (Fsp3) is 0.304. The largest absolute Gasteiger partial charge is 0.497 e. The van der Waals surface area contributed by atoms with Gasteiger partial charge in [0.15, 0.2) is 0 Å². The van der Waals surface area contributed by atoms with Gasteiger partial charge in [-0.15, -0.1) is 0 Å². The molecular formula is C23H25N3O3. The molecule has 2 aromatic carbocycles. The van der Waals surface area contributed by atoms with E-state index in [-0.39, 0.29) is 24.2 Å². The highest BCUT2D eigenvalue weighted by molar-refractivity contribution is 6.00. The molecule has 0 spiro atoms. The number of nitrogens with zero attached hydrogens (tertiary/aromatic N) is 1. The summed E-state index contributed by atoms with van der Waals surface area (Å²) in [4.78, 5) is 30.0. The molecule has 2 heterocycles. The van der Waals surface area contributed by atoms with Crippen molar-refractivity contribution < 1.29 is 14.3 Å². The average Bonchev–Trinajstić information content (AvgIpc) is 3.31. The van der Waals surface area contributed by atoms with Crippen LogP contribution in [0.25, 0.3) is 10.9 Å². The molecule has 1 atom stereocenters. The zero-order chi connectivity index (χ0) is 20.4. The number of H-pyrrole nitrogens is 1. The van der Waals surface area contributed by atoms with E-state index in [9.17, 15) is 9.59 Å². The van der Waals surface area contributed by atoms with E-state index in [2.05, 4.69) is 35.4 Å². The number of nitrogens with one attached hydrogen (secondary N) is 2. The fourth-order valence-electron chi connectivity index (χ4n) is 3.87. The summed E-state index contributed by atoms with van der Waals surface area (Å²) in [6, 6.07) is 13.7. The van der Waals surface area contributed by atoms with Crippen LogP contribution in [0.3, 0.4) is 0 Å². The van der Waals surface area contributed by atoms with Crippen molar-refractivity contribution in [2.45, 2.75) is 19.8 Å². The lowest BCUT2D eigenvalue weighted by Gasteiger charge is -2.17. The van der Waals surface area contributed by atoms with Gasteiger partial charge in [-0.2, -0.15) is 0 Å². The predicted molar refractivity (Wildman–Crippen MR) is 113 cm³/mol. The molecule has 1 aliphatic rings. The fourth-order valence-corrected chi connectivity index (χ4v) is 3.87. The quantitative estimate of drug-likeness (QED) is 0.678. The van der Waals surface area contributed by atoms with Crippen molar-refractivity contribution in [3.8, 4) is 5.75 Å². The van der Waals surface area contributed by atoms with E-state index in [1.165, 1.54) is 16.5 Å². The Morgan fingerprint density at radius 2 is 2.14 bits per heavy atom. The summed E-state index contributed by atoms with van der Waals surface area (Å²) in [5.41, 5.74) is 4.26. The minimum atomic E-state index is -0.334. The van der Waals surface area contributed by atoms with Gasteiger partial charge in [0, 0.05) is 48.4 Å². The lowest BCUT2D eigenvalue weighted by molar-refractivity contribution is -0.126. The van der Waals surface area contributed by atoms with Crippen molar-refractivity contribution in [2.24, 2.45) is 5.92 Å². The molecule has 29 heavy (non-hydrogen) atoms.